The molecule has 39 heavy (non-hydrogen) atoms. The minimum Gasteiger partial charge on any atom is -0.495 e. The molecule has 0 aliphatic heterocycles. The molecule has 0 aliphatic carbocycles. The SMILES string of the molecule is COc1ccc([C@@H](C(=O)NCCC(C)C)N(C(=O)c2snc(C(N)=O)c2N)c2ccccc2OC)cc1OC. The first-order chi connectivity index (χ1) is 18.6. The van der Waals surface area contributed by atoms with Gasteiger partial charge in [0.1, 0.15) is 16.7 Å². The summed E-state index contributed by atoms with van der Waals surface area (Å²) < 4.78 is 20.4. The number of nitrogens with one attached hydrogen (secondary N) is 1. The second-order valence-corrected chi connectivity index (χ2v) is 9.75. The number of para-hydroxylation sites is 2. The Hall–Kier alpha value is -4.32. The van der Waals surface area contributed by atoms with E-state index in [1.807, 2.05) is 13.8 Å². The van der Waals surface area contributed by atoms with Gasteiger partial charge in [0.25, 0.3) is 11.8 Å². The number of methoxy groups -OCH3 is 3. The average molecular weight is 556 g/mol. The molecular weight excluding hydrogens is 522 g/mol. The summed E-state index contributed by atoms with van der Waals surface area (Å²) in [6.45, 7) is 4.49. The van der Waals surface area contributed by atoms with Crippen molar-refractivity contribution in [2.75, 3.05) is 38.5 Å². The third kappa shape index (κ3) is 6.40. The van der Waals surface area contributed by atoms with Crippen LogP contribution in [0.3, 0.4) is 0 Å². The molecule has 1 heterocycles. The zero-order valence-electron chi connectivity index (χ0n) is 22.5. The molecule has 12 heteroatoms. The van der Waals surface area contributed by atoms with Gasteiger partial charge in [-0.25, -0.2) is 0 Å². The normalized spacial score (nSPS) is 11.5. The molecule has 3 amide bonds. The highest BCUT2D eigenvalue weighted by atomic mass is 32.1. The predicted octanol–water partition coefficient (Wildman–Crippen LogP) is 3.40. The molecule has 11 nitrogen and oxygen atoms in total. The first-order valence-electron chi connectivity index (χ1n) is 12.2. The smallest absolute Gasteiger partial charge is 0.273 e. The number of carbonyl (C=O) groups excluding carboxylic acids is 3. The number of rotatable bonds is 12. The van der Waals surface area contributed by atoms with Gasteiger partial charge in [-0.3, -0.25) is 19.3 Å². The zero-order valence-corrected chi connectivity index (χ0v) is 23.3. The number of aromatic nitrogens is 1. The van der Waals surface area contributed by atoms with Crippen LogP contribution >= 0.6 is 11.5 Å². The monoisotopic (exact) mass is 555 g/mol. The van der Waals surface area contributed by atoms with Gasteiger partial charge < -0.3 is 31.0 Å². The van der Waals surface area contributed by atoms with Crippen molar-refractivity contribution in [1.29, 1.82) is 0 Å². The van der Waals surface area contributed by atoms with Gasteiger partial charge in [0.05, 0.1) is 32.7 Å². The quantitative estimate of drug-likeness (QED) is 0.307. The summed E-state index contributed by atoms with van der Waals surface area (Å²) in [6.07, 6.45) is 0.733. The molecule has 5 N–H and O–H groups in total. The van der Waals surface area contributed by atoms with Gasteiger partial charge in [0, 0.05) is 6.54 Å². The van der Waals surface area contributed by atoms with E-state index in [2.05, 4.69) is 9.69 Å². The second kappa shape index (κ2) is 13.0. The number of carbonyl (C=O) groups is 3. The van der Waals surface area contributed by atoms with Gasteiger partial charge in [-0.1, -0.05) is 32.0 Å². The van der Waals surface area contributed by atoms with Crippen LogP contribution in [0.4, 0.5) is 11.4 Å². The minimum atomic E-state index is -1.20. The highest BCUT2D eigenvalue weighted by Gasteiger charge is 2.37. The third-order valence-corrected chi connectivity index (χ3v) is 6.82. The number of nitrogen functional groups attached to an aromatic ring is 1. The van der Waals surface area contributed by atoms with Crippen molar-refractivity contribution >= 4 is 40.6 Å². The van der Waals surface area contributed by atoms with Crippen molar-refractivity contribution in [2.24, 2.45) is 11.7 Å². The van der Waals surface area contributed by atoms with Crippen LogP contribution in [-0.2, 0) is 4.79 Å². The minimum absolute atomic E-state index is 0.0461. The maximum atomic E-state index is 14.2. The van der Waals surface area contributed by atoms with Crippen LogP contribution in [0, 0.1) is 5.92 Å². The molecule has 0 radical (unpaired) electrons. The standard InChI is InChI=1S/C27H33N5O6S/c1-15(2)12-13-30-26(34)23(16-10-11-19(37-4)20(14-16)38-5)32(17-8-6-7-9-18(17)36-3)27(35)24-21(28)22(25(29)33)31-39-24/h6-11,14-15,23H,12-13,28H2,1-5H3,(H2,29,33)(H,30,34)/t23-/m0/s1. The van der Waals surface area contributed by atoms with Crippen LogP contribution in [0.25, 0.3) is 0 Å². The Morgan fingerprint density at radius 1 is 1.00 bits per heavy atom. The molecule has 3 rings (SSSR count). The highest BCUT2D eigenvalue weighted by molar-refractivity contribution is 7.09. The number of hydrogen-bond donors (Lipinski definition) is 3. The van der Waals surface area contributed by atoms with Gasteiger partial charge in [-0.2, -0.15) is 4.37 Å². The van der Waals surface area contributed by atoms with Crippen molar-refractivity contribution in [3.63, 3.8) is 0 Å². The number of nitrogens with two attached hydrogens (primary N) is 2. The van der Waals surface area contributed by atoms with Crippen LogP contribution in [0.1, 0.15) is 52.0 Å². The van der Waals surface area contributed by atoms with Crippen molar-refractivity contribution < 1.29 is 28.6 Å². The van der Waals surface area contributed by atoms with E-state index in [0.717, 1.165) is 18.0 Å². The molecule has 0 bridgehead atoms. The molecule has 0 spiro atoms. The molecule has 3 aromatic rings. The Kier molecular flexibility index (Phi) is 9.72. The number of ether oxygens (including phenoxy) is 3. The molecular formula is C27H33N5O6S. The first-order valence-corrected chi connectivity index (χ1v) is 12.9. The number of anilines is 2. The summed E-state index contributed by atoms with van der Waals surface area (Å²) in [5.74, 6) is -0.468. The van der Waals surface area contributed by atoms with E-state index in [1.165, 1.54) is 26.2 Å². The van der Waals surface area contributed by atoms with E-state index >= 15 is 0 Å². The Morgan fingerprint density at radius 3 is 2.26 bits per heavy atom. The van der Waals surface area contributed by atoms with Gasteiger partial charge in [-0.05, 0) is 53.7 Å². The summed E-state index contributed by atoms with van der Waals surface area (Å²) in [6, 6.07) is 10.5. The lowest BCUT2D eigenvalue weighted by Crippen LogP contribution is -2.44. The molecule has 2 aromatic carbocycles. The summed E-state index contributed by atoms with van der Waals surface area (Å²) in [4.78, 5) is 41.2. The summed E-state index contributed by atoms with van der Waals surface area (Å²) >= 11 is 0.725. The van der Waals surface area contributed by atoms with Crippen molar-refractivity contribution in [3.05, 3.63) is 58.6 Å². The second-order valence-electron chi connectivity index (χ2n) is 8.98. The number of amides is 3. The lowest BCUT2D eigenvalue weighted by molar-refractivity contribution is -0.122. The summed E-state index contributed by atoms with van der Waals surface area (Å²) in [7, 11) is 4.44. The average Bonchev–Trinajstić information content (AvgIpc) is 3.32. The van der Waals surface area contributed by atoms with Crippen molar-refractivity contribution in [1.82, 2.24) is 9.69 Å². The molecule has 1 aromatic heterocycles. The van der Waals surface area contributed by atoms with Gasteiger partial charge in [0.2, 0.25) is 5.91 Å². The lowest BCUT2D eigenvalue weighted by atomic mass is 10.0. The molecule has 208 valence electrons. The zero-order chi connectivity index (χ0) is 28.7. The fourth-order valence-electron chi connectivity index (χ4n) is 3.95. The predicted molar refractivity (Wildman–Crippen MR) is 150 cm³/mol. The van der Waals surface area contributed by atoms with Crippen LogP contribution < -0.4 is 35.9 Å². The number of benzene rings is 2. The van der Waals surface area contributed by atoms with Gasteiger partial charge in [-0.15, -0.1) is 0 Å². The Bertz CT molecular complexity index is 1340. The molecule has 1 atom stereocenters. The molecule has 0 saturated heterocycles. The fourth-order valence-corrected chi connectivity index (χ4v) is 4.70. The number of nitrogens with zero attached hydrogens (tertiary/aromatic N) is 2. The molecule has 0 fully saturated rings. The topological polar surface area (TPSA) is 159 Å². The van der Waals surface area contributed by atoms with E-state index in [-0.39, 0.29) is 16.3 Å². The van der Waals surface area contributed by atoms with Crippen molar-refractivity contribution in [3.8, 4) is 17.2 Å². The van der Waals surface area contributed by atoms with Gasteiger partial charge in [0.15, 0.2) is 17.2 Å². The Labute approximate surface area is 231 Å². The molecule has 0 aliphatic rings. The molecule has 0 saturated carbocycles. The summed E-state index contributed by atoms with van der Waals surface area (Å²) in [5, 5.41) is 2.95. The highest BCUT2D eigenvalue weighted by Crippen LogP contribution is 2.39. The molecule has 0 unspecified atom stereocenters. The first kappa shape index (κ1) is 29.2. The van der Waals surface area contributed by atoms with Gasteiger partial charge >= 0.3 is 0 Å². The van der Waals surface area contributed by atoms with Crippen LogP contribution in [0.15, 0.2) is 42.5 Å². The van der Waals surface area contributed by atoms with E-state index in [4.69, 9.17) is 25.7 Å². The number of hydrogen-bond acceptors (Lipinski definition) is 9. The van der Waals surface area contributed by atoms with E-state index in [1.54, 1.807) is 42.5 Å². The number of primary amides is 1. The van der Waals surface area contributed by atoms with Crippen LogP contribution in [-0.4, -0.2) is 50.0 Å². The fraction of sp³-hybridized carbons (Fsp3) is 0.333. The van der Waals surface area contributed by atoms with Crippen molar-refractivity contribution in [2.45, 2.75) is 26.3 Å². The largest absolute Gasteiger partial charge is 0.495 e. The van der Waals surface area contributed by atoms with E-state index in [9.17, 15) is 14.4 Å². The Morgan fingerprint density at radius 2 is 1.67 bits per heavy atom. The lowest BCUT2D eigenvalue weighted by Gasteiger charge is -2.32. The third-order valence-electron chi connectivity index (χ3n) is 5.97. The van der Waals surface area contributed by atoms with Crippen LogP contribution in [0.2, 0.25) is 0 Å². The van der Waals surface area contributed by atoms with E-state index in [0.29, 0.717) is 41.0 Å². The maximum absolute atomic E-state index is 14.2. The Balaban J connectivity index is 2.26. The van der Waals surface area contributed by atoms with E-state index < -0.39 is 23.8 Å². The maximum Gasteiger partial charge on any atom is 0.273 e. The van der Waals surface area contributed by atoms with Crippen LogP contribution in [0.5, 0.6) is 17.2 Å². The summed E-state index contributed by atoms with van der Waals surface area (Å²) in [5.41, 5.74) is 11.9.